The predicted molar refractivity (Wildman–Crippen MR) is 112 cm³/mol. The molecule has 0 spiro atoms. The van der Waals surface area contributed by atoms with Crippen LogP contribution in [0.5, 0.6) is 5.75 Å². The summed E-state index contributed by atoms with van der Waals surface area (Å²) in [4.78, 5) is 16.4. The number of carbonyl (C=O) groups is 1. The van der Waals surface area contributed by atoms with Crippen LogP contribution in [0.4, 0.5) is 0 Å². The number of amides is 1. The Labute approximate surface area is 169 Å². The van der Waals surface area contributed by atoms with Gasteiger partial charge in [-0.05, 0) is 48.1 Å². The monoisotopic (exact) mass is 395 g/mol. The average molecular weight is 396 g/mol. The van der Waals surface area contributed by atoms with Gasteiger partial charge in [0.1, 0.15) is 17.1 Å². The molecule has 1 fully saturated rings. The molecule has 2 aromatic heterocycles. The summed E-state index contributed by atoms with van der Waals surface area (Å²) in [6.07, 6.45) is 3.27. The zero-order valence-electron chi connectivity index (χ0n) is 16.3. The Morgan fingerprint density at radius 3 is 2.75 bits per heavy atom. The Hall–Kier alpha value is -2.60. The van der Waals surface area contributed by atoms with Crippen LogP contribution in [0.2, 0.25) is 0 Å². The number of nitrogens with zero attached hydrogens (tertiary/aromatic N) is 3. The van der Waals surface area contributed by atoms with E-state index in [-0.39, 0.29) is 5.91 Å². The van der Waals surface area contributed by atoms with E-state index in [9.17, 15) is 4.79 Å². The largest absolute Gasteiger partial charge is 0.497 e. The van der Waals surface area contributed by atoms with Crippen LogP contribution in [0.25, 0.3) is 10.6 Å². The van der Waals surface area contributed by atoms with E-state index in [1.807, 2.05) is 47.7 Å². The van der Waals surface area contributed by atoms with Gasteiger partial charge in [-0.3, -0.25) is 9.48 Å². The molecule has 3 aromatic rings. The van der Waals surface area contributed by atoms with Crippen LogP contribution in [0.1, 0.15) is 41.2 Å². The number of hydrogen-bond acceptors (Lipinski definition) is 4. The standard InChI is InChI=1S/C22H25N3O2S/c1-24-20(14-19(23-24)21-7-5-13-28-21)22(26)25-12-4-3-6-17(15-25)16-8-10-18(27-2)11-9-16/h5,7-11,13-14,17H,3-4,6,12,15H2,1-2H3/t17-/m1/s1. The third-order valence-electron chi connectivity index (χ3n) is 5.42. The highest BCUT2D eigenvalue weighted by atomic mass is 32.1. The Balaban J connectivity index is 1.54. The highest BCUT2D eigenvalue weighted by Crippen LogP contribution is 2.29. The quantitative estimate of drug-likeness (QED) is 0.650. The zero-order chi connectivity index (χ0) is 19.5. The lowest BCUT2D eigenvalue weighted by Crippen LogP contribution is -2.35. The summed E-state index contributed by atoms with van der Waals surface area (Å²) < 4.78 is 6.98. The summed E-state index contributed by atoms with van der Waals surface area (Å²) in [5, 5.41) is 6.58. The molecule has 146 valence electrons. The fraction of sp³-hybridized carbons (Fsp3) is 0.364. The van der Waals surface area contributed by atoms with E-state index in [0.29, 0.717) is 11.6 Å². The van der Waals surface area contributed by atoms with Gasteiger partial charge >= 0.3 is 0 Å². The van der Waals surface area contributed by atoms with Crippen molar-refractivity contribution in [2.75, 3.05) is 20.2 Å². The molecule has 0 N–H and O–H groups in total. The SMILES string of the molecule is COc1ccc([C@@H]2CCCCN(C(=O)c3cc(-c4cccs4)nn3C)C2)cc1. The maximum absolute atomic E-state index is 13.3. The first kappa shape index (κ1) is 18.7. The van der Waals surface area contributed by atoms with E-state index in [1.54, 1.807) is 23.1 Å². The molecular weight excluding hydrogens is 370 g/mol. The molecule has 6 heteroatoms. The first-order valence-electron chi connectivity index (χ1n) is 9.67. The molecule has 0 aliphatic carbocycles. The summed E-state index contributed by atoms with van der Waals surface area (Å²) in [6, 6.07) is 14.2. The van der Waals surface area contributed by atoms with Gasteiger partial charge in [-0.25, -0.2) is 0 Å². The Morgan fingerprint density at radius 1 is 1.21 bits per heavy atom. The summed E-state index contributed by atoms with van der Waals surface area (Å²) in [5.74, 6) is 1.28. The molecule has 1 atom stereocenters. The van der Waals surface area contributed by atoms with E-state index < -0.39 is 0 Å². The van der Waals surface area contributed by atoms with Gasteiger partial charge in [0.15, 0.2) is 0 Å². The fourth-order valence-corrected chi connectivity index (χ4v) is 4.53. The molecule has 1 saturated heterocycles. The second-order valence-corrected chi connectivity index (χ2v) is 8.18. The van der Waals surface area contributed by atoms with Crippen LogP contribution in [-0.4, -0.2) is 40.8 Å². The van der Waals surface area contributed by atoms with Gasteiger partial charge < -0.3 is 9.64 Å². The minimum absolute atomic E-state index is 0.0678. The number of likely N-dealkylation sites (tertiary alicyclic amines) is 1. The first-order valence-corrected chi connectivity index (χ1v) is 10.5. The number of thiophene rings is 1. The number of hydrogen-bond donors (Lipinski definition) is 0. The maximum Gasteiger partial charge on any atom is 0.272 e. The molecule has 0 bridgehead atoms. The van der Waals surface area contributed by atoms with Gasteiger partial charge in [-0.1, -0.05) is 24.6 Å². The van der Waals surface area contributed by atoms with Gasteiger partial charge in [-0.15, -0.1) is 11.3 Å². The molecule has 1 aromatic carbocycles. The second kappa shape index (κ2) is 8.19. The Kier molecular flexibility index (Phi) is 5.48. The van der Waals surface area contributed by atoms with Crippen molar-refractivity contribution in [3.05, 3.63) is 59.1 Å². The van der Waals surface area contributed by atoms with E-state index in [4.69, 9.17) is 4.74 Å². The van der Waals surface area contributed by atoms with Crippen molar-refractivity contribution < 1.29 is 9.53 Å². The number of rotatable bonds is 4. The normalized spacial score (nSPS) is 17.4. The average Bonchev–Trinajstić information content (AvgIpc) is 3.31. The second-order valence-electron chi connectivity index (χ2n) is 7.23. The minimum Gasteiger partial charge on any atom is -0.497 e. The summed E-state index contributed by atoms with van der Waals surface area (Å²) in [6.45, 7) is 1.54. The molecule has 4 rings (SSSR count). The van der Waals surface area contributed by atoms with Crippen LogP contribution in [-0.2, 0) is 7.05 Å². The molecule has 1 aliphatic heterocycles. The van der Waals surface area contributed by atoms with Crippen molar-refractivity contribution in [2.45, 2.75) is 25.2 Å². The van der Waals surface area contributed by atoms with Crippen molar-refractivity contribution >= 4 is 17.2 Å². The summed E-state index contributed by atoms with van der Waals surface area (Å²) in [7, 11) is 3.53. The van der Waals surface area contributed by atoms with Crippen molar-refractivity contribution in [1.29, 1.82) is 0 Å². The van der Waals surface area contributed by atoms with E-state index in [1.165, 1.54) is 5.56 Å². The van der Waals surface area contributed by atoms with Crippen LogP contribution in [0, 0.1) is 0 Å². The van der Waals surface area contributed by atoms with Crippen LogP contribution in [0.3, 0.4) is 0 Å². The van der Waals surface area contributed by atoms with Gasteiger partial charge in [-0.2, -0.15) is 5.10 Å². The van der Waals surface area contributed by atoms with Gasteiger partial charge in [0, 0.05) is 26.1 Å². The van der Waals surface area contributed by atoms with Gasteiger partial charge in [0.25, 0.3) is 5.91 Å². The van der Waals surface area contributed by atoms with Gasteiger partial charge in [0.2, 0.25) is 0 Å². The smallest absolute Gasteiger partial charge is 0.272 e. The summed E-state index contributed by atoms with van der Waals surface area (Å²) >= 11 is 1.64. The molecule has 0 radical (unpaired) electrons. The van der Waals surface area contributed by atoms with Crippen molar-refractivity contribution in [3.8, 4) is 16.3 Å². The number of methoxy groups -OCH3 is 1. The van der Waals surface area contributed by atoms with Crippen LogP contribution in [0.15, 0.2) is 47.8 Å². The number of benzene rings is 1. The lowest BCUT2D eigenvalue weighted by atomic mass is 9.94. The lowest BCUT2D eigenvalue weighted by molar-refractivity contribution is 0.0743. The number of carbonyl (C=O) groups excluding carboxylic acids is 1. The molecule has 0 unspecified atom stereocenters. The third-order valence-corrected chi connectivity index (χ3v) is 6.31. The Bertz CT molecular complexity index is 931. The molecule has 5 nitrogen and oxygen atoms in total. The zero-order valence-corrected chi connectivity index (χ0v) is 17.1. The van der Waals surface area contributed by atoms with Crippen molar-refractivity contribution in [2.24, 2.45) is 7.05 Å². The van der Waals surface area contributed by atoms with Gasteiger partial charge in [0.05, 0.1) is 12.0 Å². The number of aromatic nitrogens is 2. The third kappa shape index (κ3) is 3.83. The van der Waals surface area contributed by atoms with Crippen LogP contribution >= 0.6 is 11.3 Å². The molecule has 28 heavy (non-hydrogen) atoms. The van der Waals surface area contributed by atoms with E-state index in [0.717, 1.165) is 48.7 Å². The molecule has 1 amide bonds. The maximum atomic E-state index is 13.3. The van der Waals surface area contributed by atoms with Crippen molar-refractivity contribution in [3.63, 3.8) is 0 Å². The van der Waals surface area contributed by atoms with Crippen molar-refractivity contribution in [1.82, 2.24) is 14.7 Å². The molecule has 3 heterocycles. The van der Waals surface area contributed by atoms with E-state index in [2.05, 4.69) is 17.2 Å². The highest BCUT2D eigenvalue weighted by molar-refractivity contribution is 7.13. The lowest BCUT2D eigenvalue weighted by Gasteiger charge is -2.25. The predicted octanol–water partition coefficient (Wildman–Crippen LogP) is 4.57. The first-order chi connectivity index (χ1) is 13.7. The minimum atomic E-state index is 0.0678. The number of aryl methyl sites for hydroxylation is 1. The number of ether oxygens (including phenoxy) is 1. The molecule has 0 saturated carbocycles. The fourth-order valence-electron chi connectivity index (χ4n) is 3.85. The van der Waals surface area contributed by atoms with E-state index >= 15 is 0 Å². The molecule has 1 aliphatic rings. The van der Waals surface area contributed by atoms with Crippen LogP contribution < -0.4 is 4.74 Å². The summed E-state index contributed by atoms with van der Waals surface area (Å²) in [5.41, 5.74) is 2.78. The molecular formula is C22H25N3O2S. The topological polar surface area (TPSA) is 47.4 Å². The highest BCUT2D eigenvalue weighted by Gasteiger charge is 2.26. The Morgan fingerprint density at radius 2 is 2.04 bits per heavy atom.